The van der Waals surface area contributed by atoms with Gasteiger partial charge in [0.15, 0.2) is 6.61 Å². The first-order valence-electron chi connectivity index (χ1n) is 8.80. The van der Waals surface area contributed by atoms with E-state index in [1.807, 2.05) is 31.2 Å². The lowest BCUT2D eigenvalue weighted by Crippen LogP contribution is -2.30. The van der Waals surface area contributed by atoms with Gasteiger partial charge in [0.05, 0.1) is 11.3 Å². The smallest absolute Gasteiger partial charge is 0.339 e. The molecule has 0 radical (unpaired) electrons. The predicted octanol–water partition coefficient (Wildman–Crippen LogP) is 3.74. The van der Waals surface area contributed by atoms with Gasteiger partial charge in [0.25, 0.3) is 5.91 Å². The quantitative estimate of drug-likeness (QED) is 0.361. The van der Waals surface area contributed by atoms with Gasteiger partial charge in [-0.2, -0.15) is 0 Å². The Hall–Kier alpha value is -2.25. The van der Waals surface area contributed by atoms with Crippen LogP contribution in [0.25, 0.3) is 0 Å². The number of aryl methyl sites for hydroxylation is 1. The number of nitrogens with one attached hydrogen (secondary N) is 1. The molecule has 0 atom stereocenters. The van der Waals surface area contributed by atoms with Crippen molar-refractivity contribution in [1.82, 2.24) is 5.32 Å². The highest BCUT2D eigenvalue weighted by Gasteiger charge is 2.14. The van der Waals surface area contributed by atoms with E-state index >= 15 is 0 Å². The third-order valence-electron chi connectivity index (χ3n) is 3.59. The Labute approximate surface area is 173 Å². The summed E-state index contributed by atoms with van der Waals surface area (Å²) in [4.78, 5) is 37.1. The molecular formula is C21H23NO4S2. The fraction of sp³-hybridized carbons (Fsp3) is 0.286. The van der Waals surface area contributed by atoms with Crippen molar-refractivity contribution in [2.75, 3.05) is 24.7 Å². The number of benzene rings is 2. The molecule has 0 bridgehead atoms. The van der Waals surface area contributed by atoms with Crippen molar-refractivity contribution in [3.63, 3.8) is 0 Å². The van der Waals surface area contributed by atoms with Crippen LogP contribution in [0.3, 0.4) is 0 Å². The molecule has 7 heteroatoms. The second-order valence-electron chi connectivity index (χ2n) is 6.07. The SMILES string of the molecule is CC(=O)CSc1ccccc1C(=O)OCC(=O)NCCSc1ccc(C)cc1. The maximum Gasteiger partial charge on any atom is 0.339 e. The lowest BCUT2D eigenvalue weighted by Gasteiger charge is -2.09. The van der Waals surface area contributed by atoms with E-state index in [9.17, 15) is 14.4 Å². The van der Waals surface area contributed by atoms with Crippen LogP contribution in [0.2, 0.25) is 0 Å². The number of thioether (sulfide) groups is 2. The number of amides is 1. The van der Waals surface area contributed by atoms with Crippen LogP contribution in [0.1, 0.15) is 22.8 Å². The molecule has 148 valence electrons. The largest absolute Gasteiger partial charge is 0.452 e. The third-order valence-corrected chi connectivity index (χ3v) is 5.82. The molecule has 0 saturated carbocycles. The maximum absolute atomic E-state index is 12.3. The molecule has 0 saturated heterocycles. The zero-order chi connectivity index (χ0) is 20.4. The van der Waals surface area contributed by atoms with Gasteiger partial charge in [0.1, 0.15) is 5.78 Å². The van der Waals surface area contributed by atoms with E-state index in [4.69, 9.17) is 4.74 Å². The summed E-state index contributed by atoms with van der Waals surface area (Å²) in [6, 6.07) is 15.1. The summed E-state index contributed by atoms with van der Waals surface area (Å²) in [5.74, 6) is 0.120. The average Bonchev–Trinajstić information content (AvgIpc) is 2.69. The molecule has 5 nitrogen and oxygen atoms in total. The van der Waals surface area contributed by atoms with Gasteiger partial charge in [-0.3, -0.25) is 9.59 Å². The van der Waals surface area contributed by atoms with Gasteiger partial charge >= 0.3 is 5.97 Å². The van der Waals surface area contributed by atoms with E-state index in [1.54, 1.807) is 36.0 Å². The van der Waals surface area contributed by atoms with Crippen LogP contribution >= 0.6 is 23.5 Å². The molecule has 0 aliphatic heterocycles. The zero-order valence-corrected chi connectivity index (χ0v) is 17.5. The number of carbonyl (C=O) groups excluding carboxylic acids is 3. The van der Waals surface area contributed by atoms with Crippen molar-refractivity contribution in [2.45, 2.75) is 23.6 Å². The third kappa shape index (κ3) is 7.78. The molecule has 2 rings (SSSR count). The van der Waals surface area contributed by atoms with Crippen molar-refractivity contribution in [1.29, 1.82) is 0 Å². The van der Waals surface area contributed by atoms with Gasteiger partial charge in [0.2, 0.25) is 0 Å². The number of esters is 1. The molecule has 0 unspecified atom stereocenters. The van der Waals surface area contributed by atoms with Crippen molar-refractivity contribution in [3.8, 4) is 0 Å². The number of Topliss-reactive ketones (excluding diaryl/α,β-unsaturated/α-hetero) is 1. The highest BCUT2D eigenvalue weighted by Crippen LogP contribution is 2.23. The second kappa shape index (κ2) is 11.6. The zero-order valence-electron chi connectivity index (χ0n) is 15.9. The Morgan fingerprint density at radius 1 is 1.00 bits per heavy atom. The molecule has 0 spiro atoms. The van der Waals surface area contributed by atoms with Crippen molar-refractivity contribution >= 4 is 41.2 Å². The molecule has 0 aliphatic carbocycles. The van der Waals surface area contributed by atoms with Crippen LogP contribution in [0.15, 0.2) is 58.3 Å². The number of ketones is 1. The van der Waals surface area contributed by atoms with Crippen LogP contribution in [0.4, 0.5) is 0 Å². The van der Waals surface area contributed by atoms with E-state index in [-0.39, 0.29) is 24.1 Å². The van der Waals surface area contributed by atoms with E-state index in [0.29, 0.717) is 17.0 Å². The van der Waals surface area contributed by atoms with Gasteiger partial charge in [-0.1, -0.05) is 29.8 Å². The second-order valence-corrected chi connectivity index (χ2v) is 8.26. The number of rotatable bonds is 10. The summed E-state index contributed by atoms with van der Waals surface area (Å²) in [6.07, 6.45) is 0. The number of hydrogen-bond acceptors (Lipinski definition) is 6. The minimum absolute atomic E-state index is 0.0241. The molecule has 0 aromatic heterocycles. The Morgan fingerprint density at radius 2 is 1.71 bits per heavy atom. The van der Waals surface area contributed by atoms with Gasteiger partial charge in [-0.15, -0.1) is 23.5 Å². The topological polar surface area (TPSA) is 72.5 Å². The summed E-state index contributed by atoms with van der Waals surface area (Å²) in [5, 5.41) is 2.74. The van der Waals surface area contributed by atoms with Crippen LogP contribution in [0, 0.1) is 6.92 Å². The van der Waals surface area contributed by atoms with Crippen LogP contribution in [-0.2, 0) is 14.3 Å². The molecule has 2 aromatic rings. The van der Waals surface area contributed by atoms with E-state index < -0.39 is 5.97 Å². The normalized spacial score (nSPS) is 10.4. The van der Waals surface area contributed by atoms with Gasteiger partial charge in [0, 0.05) is 22.1 Å². The molecule has 0 fully saturated rings. The summed E-state index contributed by atoms with van der Waals surface area (Å²) in [7, 11) is 0. The number of carbonyl (C=O) groups is 3. The molecule has 1 N–H and O–H groups in total. The van der Waals surface area contributed by atoms with Crippen molar-refractivity contribution in [2.24, 2.45) is 0 Å². The van der Waals surface area contributed by atoms with Crippen molar-refractivity contribution < 1.29 is 19.1 Å². The number of ether oxygens (including phenoxy) is 1. The van der Waals surface area contributed by atoms with E-state index in [2.05, 4.69) is 5.32 Å². The Morgan fingerprint density at radius 3 is 2.43 bits per heavy atom. The lowest BCUT2D eigenvalue weighted by atomic mass is 10.2. The fourth-order valence-electron chi connectivity index (χ4n) is 2.19. The Kier molecular flexibility index (Phi) is 9.10. The molecular weight excluding hydrogens is 394 g/mol. The van der Waals surface area contributed by atoms with E-state index in [0.717, 1.165) is 10.6 Å². The van der Waals surface area contributed by atoms with E-state index in [1.165, 1.54) is 24.2 Å². The number of hydrogen-bond donors (Lipinski definition) is 1. The first kappa shape index (κ1) is 22.0. The first-order chi connectivity index (χ1) is 13.5. The standard InChI is InChI=1S/C21H23NO4S2/c1-15-7-9-17(10-8-15)27-12-11-22-20(24)13-26-21(25)18-5-3-4-6-19(18)28-14-16(2)23/h3-10H,11-14H2,1-2H3,(H,22,24). The summed E-state index contributed by atoms with van der Waals surface area (Å²) >= 11 is 2.93. The van der Waals surface area contributed by atoms with Crippen molar-refractivity contribution in [3.05, 3.63) is 59.7 Å². The maximum atomic E-state index is 12.3. The van der Waals surface area contributed by atoms with Gasteiger partial charge in [-0.25, -0.2) is 4.79 Å². The Balaban J connectivity index is 1.72. The minimum Gasteiger partial charge on any atom is -0.452 e. The lowest BCUT2D eigenvalue weighted by molar-refractivity contribution is -0.124. The van der Waals surface area contributed by atoms with Crippen LogP contribution < -0.4 is 5.32 Å². The molecule has 28 heavy (non-hydrogen) atoms. The monoisotopic (exact) mass is 417 g/mol. The summed E-state index contributed by atoms with van der Waals surface area (Å²) in [5.41, 5.74) is 1.57. The highest BCUT2D eigenvalue weighted by molar-refractivity contribution is 8.00. The molecule has 0 aliphatic rings. The highest BCUT2D eigenvalue weighted by atomic mass is 32.2. The fourth-order valence-corrected chi connectivity index (χ4v) is 3.80. The average molecular weight is 418 g/mol. The molecule has 2 aromatic carbocycles. The summed E-state index contributed by atoms with van der Waals surface area (Å²) in [6.45, 7) is 3.69. The minimum atomic E-state index is -0.573. The van der Waals surface area contributed by atoms with Crippen LogP contribution in [0.5, 0.6) is 0 Å². The molecule has 0 heterocycles. The van der Waals surface area contributed by atoms with Gasteiger partial charge in [-0.05, 0) is 38.1 Å². The first-order valence-corrected chi connectivity index (χ1v) is 10.8. The molecule has 1 amide bonds. The Bertz CT molecular complexity index is 821. The van der Waals surface area contributed by atoms with Crippen LogP contribution in [-0.4, -0.2) is 42.3 Å². The predicted molar refractivity (Wildman–Crippen MR) is 113 cm³/mol. The van der Waals surface area contributed by atoms with Gasteiger partial charge < -0.3 is 10.1 Å². The summed E-state index contributed by atoms with van der Waals surface area (Å²) < 4.78 is 5.11.